The van der Waals surface area contributed by atoms with Crippen molar-refractivity contribution in [1.82, 2.24) is 0 Å². The van der Waals surface area contributed by atoms with Crippen molar-refractivity contribution in [1.29, 1.82) is 0 Å². The van der Waals surface area contributed by atoms with E-state index in [1.165, 1.54) is 6.26 Å². The van der Waals surface area contributed by atoms with Crippen molar-refractivity contribution in [3.05, 3.63) is 54.1 Å². The largest absolute Gasteiger partial charge is 0.324 e. The van der Waals surface area contributed by atoms with Gasteiger partial charge >= 0.3 is 0 Å². The zero-order chi connectivity index (χ0) is 14.0. The molecule has 0 aliphatic rings. The normalized spacial score (nSPS) is 13.2. The summed E-state index contributed by atoms with van der Waals surface area (Å²) in [5, 5.41) is 0. The first-order valence-corrected chi connectivity index (χ1v) is 7.93. The van der Waals surface area contributed by atoms with Crippen molar-refractivity contribution in [2.75, 3.05) is 6.26 Å². The summed E-state index contributed by atoms with van der Waals surface area (Å²) in [6.07, 6.45) is 1.21. The summed E-state index contributed by atoms with van der Waals surface area (Å²) in [6, 6.07) is 14.8. The number of benzene rings is 2. The number of hydrogen-bond acceptors (Lipinski definition) is 3. The highest BCUT2D eigenvalue weighted by Crippen LogP contribution is 2.23. The Balaban J connectivity index is 2.40. The second-order valence-corrected chi connectivity index (χ2v) is 6.73. The number of sulfone groups is 1. The molecule has 0 fully saturated rings. The van der Waals surface area contributed by atoms with Gasteiger partial charge in [0.25, 0.3) is 0 Å². The van der Waals surface area contributed by atoms with Gasteiger partial charge in [-0.05, 0) is 41.8 Å². The van der Waals surface area contributed by atoms with E-state index in [-0.39, 0.29) is 6.04 Å². The van der Waals surface area contributed by atoms with E-state index in [2.05, 4.69) is 0 Å². The van der Waals surface area contributed by atoms with Gasteiger partial charge in [-0.15, -0.1) is 0 Å². The van der Waals surface area contributed by atoms with Crippen LogP contribution in [0, 0.1) is 0 Å². The minimum absolute atomic E-state index is 0.0183. The fraction of sp³-hybridized carbons (Fsp3) is 0.200. The van der Waals surface area contributed by atoms with Crippen LogP contribution in [0.1, 0.15) is 18.5 Å². The Bertz CT molecular complexity index is 674. The zero-order valence-electron chi connectivity index (χ0n) is 11.0. The molecule has 2 aromatic rings. The molecule has 2 N–H and O–H groups in total. The minimum Gasteiger partial charge on any atom is -0.324 e. The van der Waals surface area contributed by atoms with E-state index < -0.39 is 9.84 Å². The van der Waals surface area contributed by atoms with E-state index in [1.54, 1.807) is 12.1 Å². The lowest BCUT2D eigenvalue weighted by Crippen LogP contribution is -2.04. The summed E-state index contributed by atoms with van der Waals surface area (Å²) in [6.45, 7) is 1.94. The van der Waals surface area contributed by atoms with Crippen molar-refractivity contribution < 1.29 is 8.42 Å². The van der Waals surface area contributed by atoms with Crippen molar-refractivity contribution >= 4 is 9.84 Å². The van der Waals surface area contributed by atoms with E-state index in [0.29, 0.717) is 4.90 Å². The summed E-state index contributed by atoms with van der Waals surface area (Å²) < 4.78 is 22.8. The first kappa shape index (κ1) is 13.8. The van der Waals surface area contributed by atoms with E-state index in [0.717, 1.165) is 16.7 Å². The van der Waals surface area contributed by atoms with Crippen molar-refractivity contribution in [3.63, 3.8) is 0 Å². The van der Waals surface area contributed by atoms with Crippen molar-refractivity contribution in [2.24, 2.45) is 5.73 Å². The van der Waals surface area contributed by atoms with Crippen LogP contribution >= 0.6 is 0 Å². The molecule has 2 rings (SSSR count). The number of nitrogens with two attached hydrogens (primary N) is 1. The molecule has 0 aliphatic carbocycles. The maximum atomic E-state index is 11.4. The molecule has 0 aromatic heterocycles. The lowest BCUT2D eigenvalue weighted by molar-refractivity contribution is 0.602. The van der Waals surface area contributed by atoms with Gasteiger partial charge in [0.1, 0.15) is 0 Å². The van der Waals surface area contributed by atoms with Crippen molar-refractivity contribution in [2.45, 2.75) is 17.9 Å². The van der Waals surface area contributed by atoms with E-state index in [9.17, 15) is 8.42 Å². The summed E-state index contributed by atoms with van der Waals surface area (Å²) in [4.78, 5) is 0.333. The van der Waals surface area contributed by atoms with E-state index >= 15 is 0 Å². The Morgan fingerprint density at radius 2 is 1.63 bits per heavy atom. The molecular formula is C15H17NO2S. The highest BCUT2D eigenvalue weighted by atomic mass is 32.2. The Kier molecular flexibility index (Phi) is 3.73. The molecule has 0 heterocycles. The highest BCUT2D eigenvalue weighted by molar-refractivity contribution is 7.90. The Hall–Kier alpha value is -1.65. The summed E-state index contributed by atoms with van der Waals surface area (Å²) in [5.41, 5.74) is 8.94. The topological polar surface area (TPSA) is 60.2 Å². The van der Waals surface area contributed by atoms with Crippen LogP contribution in [0.15, 0.2) is 53.4 Å². The Morgan fingerprint density at radius 1 is 1.00 bits per heavy atom. The number of hydrogen-bond donors (Lipinski definition) is 1. The van der Waals surface area contributed by atoms with Crippen LogP contribution in [-0.4, -0.2) is 14.7 Å². The van der Waals surface area contributed by atoms with Gasteiger partial charge in [0, 0.05) is 12.3 Å². The van der Waals surface area contributed by atoms with Crippen LogP contribution < -0.4 is 5.73 Å². The molecule has 0 radical (unpaired) electrons. The third kappa shape index (κ3) is 3.22. The van der Waals surface area contributed by atoms with E-state index in [1.807, 2.05) is 43.3 Å². The van der Waals surface area contributed by atoms with Gasteiger partial charge in [-0.2, -0.15) is 0 Å². The lowest BCUT2D eigenvalue weighted by atomic mass is 10.0. The minimum atomic E-state index is -3.14. The van der Waals surface area contributed by atoms with Crippen LogP contribution in [-0.2, 0) is 9.84 Å². The van der Waals surface area contributed by atoms with Gasteiger partial charge in [-0.3, -0.25) is 0 Å². The first-order chi connectivity index (χ1) is 8.88. The molecule has 0 aliphatic heterocycles. The fourth-order valence-corrected chi connectivity index (χ4v) is 2.53. The monoisotopic (exact) mass is 275 g/mol. The average Bonchev–Trinajstić information content (AvgIpc) is 2.38. The third-order valence-electron chi connectivity index (χ3n) is 3.03. The van der Waals surface area contributed by atoms with Crippen LogP contribution in [0.3, 0.4) is 0 Å². The first-order valence-electron chi connectivity index (χ1n) is 6.04. The molecule has 0 amide bonds. The van der Waals surface area contributed by atoms with Crippen LogP contribution in [0.4, 0.5) is 0 Å². The van der Waals surface area contributed by atoms with Gasteiger partial charge in [0.15, 0.2) is 9.84 Å². The standard InChI is InChI=1S/C15H17NO2S/c1-11(16)13-4-3-5-14(10-13)12-6-8-15(9-7-12)19(2,17)18/h3-11H,16H2,1-2H3/t11-/m1/s1. The molecule has 1 atom stereocenters. The summed E-state index contributed by atoms with van der Waals surface area (Å²) in [7, 11) is -3.14. The predicted octanol–water partition coefficient (Wildman–Crippen LogP) is 2.78. The average molecular weight is 275 g/mol. The molecule has 0 bridgehead atoms. The predicted molar refractivity (Wildman–Crippen MR) is 77.6 cm³/mol. The third-order valence-corrected chi connectivity index (χ3v) is 4.16. The molecule has 2 aromatic carbocycles. The maximum absolute atomic E-state index is 11.4. The molecule has 0 saturated heterocycles. The molecule has 0 spiro atoms. The van der Waals surface area contributed by atoms with Crippen LogP contribution in [0.5, 0.6) is 0 Å². The second kappa shape index (κ2) is 5.15. The summed E-state index contributed by atoms with van der Waals surface area (Å²) >= 11 is 0. The lowest BCUT2D eigenvalue weighted by Gasteiger charge is -2.09. The van der Waals surface area contributed by atoms with Gasteiger partial charge in [-0.25, -0.2) is 8.42 Å². The van der Waals surface area contributed by atoms with E-state index in [4.69, 9.17) is 5.73 Å². The quantitative estimate of drug-likeness (QED) is 0.937. The SMILES string of the molecule is C[C@@H](N)c1cccc(-c2ccc(S(C)(=O)=O)cc2)c1. The molecule has 19 heavy (non-hydrogen) atoms. The van der Waals surface area contributed by atoms with Gasteiger partial charge in [-0.1, -0.05) is 30.3 Å². The van der Waals surface area contributed by atoms with Gasteiger partial charge in [0.2, 0.25) is 0 Å². The maximum Gasteiger partial charge on any atom is 0.175 e. The zero-order valence-corrected chi connectivity index (χ0v) is 11.8. The molecule has 100 valence electrons. The van der Waals surface area contributed by atoms with Crippen LogP contribution in [0.25, 0.3) is 11.1 Å². The van der Waals surface area contributed by atoms with Gasteiger partial charge < -0.3 is 5.73 Å². The molecule has 0 unspecified atom stereocenters. The Labute approximate surface area is 114 Å². The second-order valence-electron chi connectivity index (χ2n) is 4.71. The summed E-state index contributed by atoms with van der Waals surface area (Å²) in [5.74, 6) is 0. The Morgan fingerprint density at radius 3 is 2.16 bits per heavy atom. The molecule has 4 heteroatoms. The van der Waals surface area contributed by atoms with Gasteiger partial charge in [0.05, 0.1) is 4.90 Å². The number of rotatable bonds is 3. The van der Waals surface area contributed by atoms with Crippen molar-refractivity contribution in [3.8, 4) is 11.1 Å². The molecular weight excluding hydrogens is 258 g/mol. The molecule has 3 nitrogen and oxygen atoms in total. The fourth-order valence-electron chi connectivity index (χ4n) is 1.90. The van der Waals surface area contributed by atoms with Crippen LogP contribution in [0.2, 0.25) is 0 Å². The molecule has 0 saturated carbocycles. The highest BCUT2D eigenvalue weighted by Gasteiger charge is 2.07. The smallest absolute Gasteiger partial charge is 0.175 e.